The summed E-state index contributed by atoms with van der Waals surface area (Å²) < 4.78 is 5.85. The summed E-state index contributed by atoms with van der Waals surface area (Å²) in [5.41, 5.74) is 7.03. The molecule has 1 aromatic rings. The smallest absolute Gasteiger partial charge is 0.261 e. The number of benzene rings is 1. The quantitative estimate of drug-likeness (QED) is 0.877. The van der Waals surface area contributed by atoms with Crippen LogP contribution in [0.2, 0.25) is 0 Å². The molecule has 1 amide bonds. The Bertz CT molecular complexity index is 536. The fourth-order valence-electron chi connectivity index (χ4n) is 3.10. The first-order valence-corrected chi connectivity index (χ1v) is 8.59. The lowest BCUT2D eigenvalue weighted by Gasteiger charge is -2.23. The number of hydrogen-bond donors (Lipinski definition) is 2. The van der Waals surface area contributed by atoms with E-state index in [0.29, 0.717) is 12.5 Å². The van der Waals surface area contributed by atoms with E-state index in [0.717, 1.165) is 25.0 Å². The molecule has 128 valence electrons. The van der Waals surface area contributed by atoms with Crippen molar-refractivity contribution < 1.29 is 9.53 Å². The van der Waals surface area contributed by atoms with Crippen molar-refractivity contribution in [3.63, 3.8) is 0 Å². The number of nitrogens with two attached hydrogens (primary N) is 1. The van der Waals surface area contributed by atoms with Crippen LogP contribution in [0.25, 0.3) is 0 Å². The molecule has 1 aliphatic carbocycles. The van der Waals surface area contributed by atoms with Crippen LogP contribution in [0.1, 0.15) is 52.5 Å². The minimum absolute atomic E-state index is 0.0586. The molecule has 0 radical (unpaired) electrons. The zero-order valence-electron chi connectivity index (χ0n) is 14.8. The van der Waals surface area contributed by atoms with E-state index in [-0.39, 0.29) is 17.4 Å². The summed E-state index contributed by atoms with van der Waals surface area (Å²) in [4.78, 5) is 12.4. The number of hydrogen-bond acceptors (Lipinski definition) is 3. The predicted molar refractivity (Wildman–Crippen MR) is 93.6 cm³/mol. The normalized spacial score (nSPS) is 22.7. The standard InChI is InChI=1S/C19H30N2O2/c1-13(18(22)21-17-10-5-7-14(17)12-20)23-16-9-6-8-15(11-16)19(2,3)4/h6,8-9,11,13-14,17H,5,7,10,12,20H2,1-4H3,(H,21,22). The predicted octanol–water partition coefficient (Wildman–Crippen LogP) is 3.00. The molecule has 23 heavy (non-hydrogen) atoms. The van der Waals surface area contributed by atoms with Crippen molar-refractivity contribution in [1.29, 1.82) is 0 Å². The lowest BCUT2D eigenvalue weighted by Crippen LogP contribution is -2.45. The van der Waals surface area contributed by atoms with Crippen LogP contribution in [0.15, 0.2) is 24.3 Å². The zero-order valence-corrected chi connectivity index (χ0v) is 14.8. The van der Waals surface area contributed by atoms with Crippen LogP contribution in [-0.4, -0.2) is 24.6 Å². The molecule has 0 bridgehead atoms. The number of ether oxygens (including phenoxy) is 1. The Morgan fingerprint density at radius 1 is 1.39 bits per heavy atom. The van der Waals surface area contributed by atoms with Gasteiger partial charge < -0.3 is 15.8 Å². The van der Waals surface area contributed by atoms with Gasteiger partial charge in [-0.25, -0.2) is 0 Å². The molecule has 4 heteroatoms. The van der Waals surface area contributed by atoms with Gasteiger partial charge in [-0.15, -0.1) is 0 Å². The maximum atomic E-state index is 12.4. The highest BCUT2D eigenvalue weighted by molar-refractivity contribution is 5.81. The van der Waals surface area contributed by atoms with Gasteiger partial charge in [0.05, 0.1) is 0 Å². The van der Waals surface area contributed by atoms with Crippen molar-refractivity contribution in [1.82, 2.24) is 5.32 Å². The van der Waals surface area contributed by atoms with Crippen molar-refractivity contribution in [2.24, 2.45) is 11.7 Å². The Labute approximate surface area is 139 Å². The maximum Gasteiger partial charge on any atom is 0.261 e. The summed E-state index contributed by atoms with van der Waals surface area (Å²) in [6.07, 6.45) is 2.74. The number of rotatable bonds is 5. The van der Waals surface area contributed by atoms with Crippen LogP contribution in [-0.2, 0) is 10.2 Å². The molecular weight excluding hydrogens is 288 g/mol. The molecular formula is C19H30N2O2. The van der Waals surface area contributed by atoms with Gasteiger partial charge in [-0.1, -0.05) is 39.3 Å². The van der Waals surface area contributed by atoms with E-state index >= 15 is 0 Å². The molecule has 0 saturated heterocycles. The molecule has 3 N–H and O–H groups in total. The van der Waals surface area contributed by atoms with Crippen molar-refractivity contribution in [2.75, 3.05) is 6.54 Å². The summed E-state index contributed by atoms with van der Waals surface area (Å²) in [6, 6.07) is 8.17. The third-order valence-electron chi connectivity index (χ3n) is 4.67. The van der Waals surface area contributed by atoms with Gasteiger partial charge in [-0.05, 0) is 55.3 Å². The Morgan fingerprint density at radius 3 is 2.78 bits per heavy atom. The maximum absolute atomic E-state index is 12.4. The molecule has 4 nitrogen and oxygen atoms in total. The van der Waals surface area contributed by atoms with E-state index in [9.17, 15) is 4.79 Å². The minimum Gasteiger partial charge on any atom is -0.481 e. The van der Waals surface area contributed by atoms with E-state index in [1.54, 1.807) is 6.92 Å². The van der Waals surface area contributed by atoms with Crippen LogP contribution in [0.5, 0.6) is 5.75 Å². The Morgan fingerprint density at radius 2 is 2.13 bits per heavy atom. The second-order valence-corrected chi connectivity index (χ2v) is 7.58. The molecule has 3 atom stereocenters. The van der Waals surface area contributed by atoms with Crippen molar-refractivity contribution >= 4 is 5.91 Å². The average molecular weight is 318 g/mol. The first-order valence-electron chi connectivity index (χ1n) is 8.59. The highest BCUT2D eigenvalue weighted by atomic mass is 16.5. The van der Waals surface area contributed by atoms with E-state index < -0.39 is 6.10 Å². The van der Waals surface area contributed by atoms with Crippen molar-refractivity contribution in [3.05, 3.63) is 29.8 Å². The van der Waals surface area contributed by atoms with Crippen LogP contribution < -0.4 is 15.8 Å². The first kappa shape index (κ1) is 17.8. The minimum atomic E-state index is -0.510. The Kier molecular flexibility index (Phi) is 5.69. The van der Waals surface area contributed by atoms with Crippen LogP contribution in [0.4, 0.5) is 0 Å². The number of carbonyl (C=O) groups excluding carboxylic acids is 1. The second kappa shape index (κ2) is 7.35. The van der Waals surface area contributed by atoms with E-state index in [2.05, 4.69) is 32.2 Å². The molecule has 1 saturated carbocycles. The van der Waals surface area contributed by atoms with Gasteiger partial charge in [0.1, 0.15) is 5.75 Å². The largest absolute Gasteiger partial charge is 0.481 e. The Hall–Kier alpha value is -1.55. The molecule has 0 aliphatic heterocycles. The summed E-state index contributed by atoms with van der Waals surface area (Å²) in [5.74, 6) is 1.08. The van der Waals surface area contributed by atoms with Gasteiger partial charge in [0, 0.05) is 6.04 Å². The number of amides is 1. The van der Waals surface area contributed by atoms with Crippen LogP contribution in [0.3, 0.4) is 0 Å². The zero-order chi connectivity index (χ0) is 17.0. The molecule has 0 spiro atoms. The lowest BCUT2D eigenvalue weighted by atomic mass is 9.87. The van der Waals surface area contributed by atoms with Gasteiger partial charge in [0.25, 0.3) is 5.91 Å². The number of nitrogens with one attached hydrogen (secondary N) is 1. The van der Waals surface area contributed by atoms with Crippen LogP contribution >= 0.6 is 0 Å². The van der Waals surface area contributed by atoms with Crippen LogP contribution in [0, 0.1) is 5.92 Å². The second-order valence-electron chi connectivity index (χ2n) is 7.58. The van der Waals surface area contributed by atoms with E-state index in [1.165, 1.54) is 5.56 Å². The topological polar surface area (TPSA) is 64.3 Å². The molecule has 1 fully saturated rings. The van der Waals surface area contributed by atoms with Gasteiger partial charge in [-0.3, -0.25) is 4.79 Å². The SMILES string of the molecule is CC(Oc1cccc(C(C)(C)C)c1)C(=O)NC1CCCC1CN. The van der Waals surface area contributed by atoms with Gasteiger partial charge in [0.2, 0.25) is 0 Å². The molecule has 2 rings (SSSR count). The summed E-state index contributed by atoms with van der Waals surface area (Å²) in [5, 5.41) is 3.10. The molecule has 1 aliphatic rings. The summed E-state index contributed by atoms with van der Waals surface area (Å²) in [6.45, 7) is 8.92. The molecule has 0 aromatic heterocycles. The van der Waals surface area contributed by atoms with E-state index in [1.807, 2.05) is 18.2 Å². The first-order chi connectivity index (χ1) is 10.8. The van der Waals surface area contributed by atoms with Crippen molar-refractivity contribution in [2.45, 2.75) is 64.5 Å². The third-order valence-corrected chi connectivity index (χ3v) is 4.67. The molecule has 1 aromatic carbocycles. The highest BCUT2D eigenvalue weighted by Gasteiger charge is 2.29. The van der Waals surface area contributed by atoms with Crippen molar-refractivity contribution in [3.8, 4) is 5.75 Å². The highest BCUT2D eigenvalue weighted by Crippen LogP contribution is 2.27. The number of carbonyl (C=O) groups is 1. The van der Waals surface area contributed by atoms with Gasteiger partial charge in [-0.2, -0.15) is 0 Å². The van der Waals surface area contributed by atoms with Gasteiger partial charge >= 0.3 is 0 Å². The fourth-order valence-corrected chi connectivity index (χ4v) is 3.10. The Balaban J connectivity index is 1.96. The lowest BCUT2D eigenvalue weighted by molar-refractivity contribution is -0.128. The summed E-state index contributed by atoms with van der Waals surface area (Å²) >= 11 is 0. The molecule has 3 unspecified atom stereocenters. The van der Waals surface area contributed by atoms with E-state index in [4.69, 9.17) is 10.5 Å². The molecule has 0 heterocycles. The summed E-state index contributed by atoms with van der Waals surface area (Å²) in [7, 11) is 0. The fraction of sp³-hybridized carbons (Fsp3) is 0.632. The third kappa shape index (κ3) is 4.71. The average Bonchev–Trinajstić information content (AvgIpc) is 2.93. The van der Waals surface area contributed by atoms with Gasteiger partial charge in [0.15, 0.2) is 6.10 Å². The monoisotopic (exact) mass is 318 g/mol.